The summed E-state index contributed by atoms with van der Waals surface area (Å²) in [6, 6.07) is 0.234. The first kappa shape index (κ1) is 19.0. The quantitative estimate of drug-likeness (QED) is 0.535. The van der Waals surface area contributed by atoms with Gasteiger partial charge in [0.1, 0.15) is 0 Å². The second kappa shape index (κ2) is 9.87. The minimum absolute atomic E-state index is 0.0873. The Morgan fingerprint density at radius 3 is 2.50 bits per heavy atom. The number of hydrogen-bond acceptors (Lipinski definition) is 3. The highest BCUT2D eigenvalue weighted by molar-refractivity contribution is 5.76. The molecule has 138 valence electrons. The molecule has 2 aliphatic rings. The van der Waals surface area contributed by atoms with Gasteiger partial charge >= 0.3 is 6.03 Å². The fraction of sp³-hybridized carbons (Fsp3) is 0.889. The van der Waals surface area contributed by atoms with Gasteiger partial charge in [-0.2, -0.15) is 0 Å². The van der Waals surface area contributed by atoms with Crippen molar-refractivity contribution in [3.05, 3.63) is 0 Å². The van der Waals surface area contributed by atoms with Crippen molar-refractivity contribution in [1.82, 2.24) is 21.3 Å². The third kappa shape index (κ3) is 7.07. The molecule has 6 nitrogen and oxygen atoms in total. The molecule has 1 aliphatic carbocycles. The number of urea groups is 1. The summed E-state index contributed by atoms with van der Waals surface area (Å²) in [6.45, 7) is 5.61. The van der Waals surface area contributed by atoms with Gasteiger partial charge in [0.25, 0.3) is 0 Å². The van der Waals surface area contributed by atoms with Crippen LogP contribution in [0.25, 0.3) is 0 Å². The first-order valence-corrected chi connectivity index (χ1v) is 9.59. The zero-order valence-corrected chi connectivity index (χ0v) is 15.1. The number of nitrogens with one attached hydrogen (secondary N) is 4. The molecule has 0 bridgehead atoms. The Balaban J connectivity index is 1.50. The normalized spacial score (nSPS) is 21.0. The van der Waals surface area contributed by atoms with E-state index in [1.165, 1.54) is 19.3 Å². The van der Waals surface area contributed by atoms with E-state index < -0.39 is 0 Å². The van der Waals surface area contributed by atoms with E-state index >= 15 is 0 Å². The highest BCUT2D eigenvalue weighted by Crippen LogP contribution is 2.26. The lowest BCUT2D eigenvalue weighted by Crippen LogP contribution is -2.44. The maximum absolute atomic E-state index is 11.9. The fourth-order valence-electron chi connectivity index (χ4n) is 3.54. The van der Waals surface area contributed by atoms with E-state index in [0.717, 1.165) is 45.3 Å². The zero-order valence-electron chi connectivity index (χ0n) is 15.1. The number of carbonyl (C=O) groups is 2. The smallest absolute Gasteiger partial charge is 0.315 e. The molecule has 1 saturated heterocycles. The van der Waals surface area contributed by atoms with Gasteiger partial charge in [0.2, 0.25) is 5.91 Å². The summed E-state index contributed by atoms with van der Waals surface area (Å²) >= 11 is 0. The standard InChI is InChI=1S/C18H34N4O2/c1-18(9-12-19-13-10-18)14-21-16(23)8-5-11-20-17(24)22-15-6-3-2-4-7-15/h15,19H,2-14H2,1H3,(H,21,23)(H2,20,22,24). The van der Waals surface area contributed by atoms with E-state index in [9.17, 15) is 9.59 Å². The van der Waals surface area contributed by atoms with Crippen molar-refractivity contribution in [3.63, 3.8) is 0 Å². The number of carbonyl (C=O) groups excluding carboxylic acids is 2. The van der Waals surface area contributed by atoms with Gasteiger partial charge < -0.3 is 21.3 Å². The van der Waals surface area contributed by atoms with Crippen molar-refractivity contribution >= 4 is 11.9 Å². The van der Waals surface area contributed by atoms with Gasteiger partial charge in [0, 0.05) is 25.6 Å². The number of rotatable bonds is 7. The second-order valence-electron chi connectivity index (χ2n) is 7.68. The summed E-state index contributed by atoms with van der Waals surface area (Å²) in [4.78, 5) is 23.7. The lowest BCUT2D eigenvalue weighted by atomic mass is 9.81. The number of amides is 3. The zero-order chi connectivity index (χ0) is 17.3. The Labute approximate surface area is 145 Å². The molecule has 3 amide bonds. The summed E-state index contributed by atoms with van der Waals surface area (Å²) < 4.78 is 0. The van der Waals surface area contributed by atoms with E-state index in [0.29, 0.717) is 25.4 Å². The number of hydrogen-bond donors (Lipinski definition) is 4. The SMILES string of the molecule is CC1(CNC(=O)CCCNC(=O)NC2CCCCC2)CCNCC1. The average Bonchev–Trinajstić information content (AvgIpc) is 2.59. The second-order valence-corrected chi connectivity index (χ2v) is 7.68. The molecule has 1 heterocycles. The largest absolute Gasteiger partial charge is 0.356 e. The summed E-state index contributed by atoms with van der Waals surface area (Å²) in [5.41, 5.74) is 0.221. The number of piperidine rings is 1. The third-order valence-corrected chi connectivity index (χ3v) is 5.33. The van der Waals surface area contributed by atoms with Gasteiger partial charge in [-0.15, -0.1) is 0 Å². The molecule has 2 rings (SSSR count). The Morgan fingerprint density at radius 1 is 1.08 bits per heavy atom. The van der Waals surface area contributed by atoms with Crippen LogP contribution in [-0.2, 0) is 4.79 Å². The Kier molecular flexibility index (Phi) is 7.82. The van der Waals surface area contributed by atoms with Crippen molar-refractivity contribution in [3.8, 4) is 0 Å². The van der Waals surface area contributed by atoms with Crippen LogP contribution in [0.1, 0.15) is 64.7 Å². The van der Waals surface area contributed by atoms with Crippen LogP contribution in [0.5, 0.6) is 0 Å². The van der Waals surface area contributed by atoms with Gasteiger partial charge in [0.15, 0.2) is 0 Å². The lowest BCUT2D eigenvalue weighted by Gasteiger charge is -2.34. The Bertz CT molecular complexity index is 402. The van der Waals surface area contributed by atoms with Crippen LogP contribution in [0.15, 0.2) is 0 Å². The predicted molar refractivity (Wildman–Crippen MR) is 95.9 cm³/mol. The van der Waals surface area contributed by atoms with Crippen LogP contribution in [-0.4, -0.2) is 44.2 Å². The van der Waals surface area contributed by atoms with Gasteiger partial charge in [0.05, 0.1) is 0 Å². The van der Waals surface area contributed by atoms with Crippen molar-refractivity contribution < 1.29 is 9.59 Å². The summed E-state index contributed by atoms with van der Waals surface area (Å²) in [6.07, 6.45) is 9.24. The van der Waals surface area contributed by atoms with Crippen molar-refractivity contribution in [2.24, 2.45) is 5.41 Å². The van der Waals surface area contributed by atoms with E-state index in [1.807, 2.05) is 0 Å². The van der Waals surface area contributed by atoms with Crippen molar-refractivity contribution in [2.45, 2.75) is 70.8 Å². The van der Waals surface area contributed by atoms with E-state index in [1.54, 1.807) is 0 Å². The summed E-state index contributed by atoms with van der Waals surface area (Å²) in [5.74, 6) is 0.0873. The molecule has 0 radical (unpaired) electrons. The summed E-state index contributed by atoms with van der Waals surface area (Å²) in [7, 11) is 0. The molecule has 4 N–H and O–H groups in total. The topological polar surface area (TPSA) is 82.3 Å². The molecule has 1 aliphatic heterocycles. The summed E-state index contributed by atoms with van der Waals surface area (Å²) in [5, 5.41) is 12.3. The molecule has 24 heavy (non-hydrogen) atoms. The highest BCUT2D eigenvalue weighted by atomic mass is 16.2. The first-order valence-electron chi connectivity index (χ1n) is 9.59. The van der Waals surface area contributed by atoms with Crippen LogP contribution in [0.3, 0.4) is 0 Å². The van der Waals surface area contributed by atoms with Crippen LogP contribution < -0.4 is 21.3 Å². The lowest BCUT2D eigenvalue weighted by molar-refractivity contribution is -0.121. The minimum Gasteiger partial charge on any atom is -0.356 e. The van der Waals surface area contributed by atoms with Crippen molar-refractivity contribution in [2.75, 3.05) is 26.2 Å². The molecule has 1 saturated carbocycles. The van der Waals surface area contributed by atoms with Crippen molar-refractivity contribution in [1.29, 1.82) is 0 Å². The molecule has 0 aromatic rings. The van der Waals surface area contributed by atoms with Crippen LogP contribution in [0, 0.1) is 5.41 Å². The third-order valence-electron chi connectivity index (χ3n) is 5.33. The Hall–Kier alpha value is -1.30. The minimum atomic E-state index is -0.0930. The van der Waals surface area contributed by atoms with E-state index in [2.05, 4.69) is 28.2 Å². The maximum Gasteiger partial charge on any atom is 0.315 e. The fourth-order valence-corrected chi connectivity index (χ4v) is 3.54. The molecular formula is C18H34N4O2. The molecule has 2 fully saturated rings. The molecule has 0 unspecified atom stereocenters. The molecular weight excluding hydrogens is 304 g/mol. The molecule has 0 aromatic carbocycles. The highest BCUT2D eigenvalue weighted by Gasteiger charge is 2.26. The van der Waals surface area contributed by atoms with Crippen LogP contribution in [0.2, 0.25) is 0 Å². The predicted octanol–water partition coefficient (Wildman–Crippen LogP) is 1.90. The van der Waals surface area contributed by atoms with E-state index in [4.69, 9.17) is 0 Å². The Morgan fingerprint density at radius 2 is 1.79 bits per heavy atom. The molecule has 0 aromatic heterocycles. The van der Waals surface area contributed by atoms with Gasteiger partial charge in [-0.25, -0.2) is 4.79 Å². The van der Waals surface area contributed by atoms with E-state index in [-0.39, 0.29) is 17.4 Å². The van der Waals surface area contributed by atoms with Crippen LogP contribution >= 0.6 is 0 Å². The maximum atomic E-state index is 11.9. The van der Waals surface area contributed by atoms with Gasteiger partial charge in [-0.1, -0.05) is 26.2 Å². The van der Waals surface area contributed by atoms with Gasteiger partial charge in [-0.3, -0.25) is 4.79 Å². The average molecular weight is 338 g/mol. The monoisotopic (exact) mass is 338 g/mol. The first-order chi connectivity index (χ1) is 11.6. The van der Waals surface area contributed by atoms with Gasteiger partial charge in [-0.05, 0) is 50.6 Å². The van der Waals surface area contributed by atoms with Crippen LogP contribution in [0.4, 0.5) is 4.79 Å². The molecule has 0 atom stereocenters. The molecule has 0 spiro atoms. The molecule has 6 heteroatoms.